The van der Waals surface area contributed by atoms with Crippen LogP contribution in [0.3, 0.4) is 0 Å². The maximum atomic E-state index is 10.4. The topological polar surface area (TPSA) is 63.8 Å². The number of nitrogens with zero attached hydrogens (tertiary/aromatic N) is 4. The summed E-state index contributed by atoms with van der Waals surface area (Å²) in [4.78, 5) is 0.815. The van der Waals surface area contributed by atoms with E-state index in [1.165, 1.54) is 11.5 Å². The molecule has 1 N–H and O–H groups in total. The molecule has 5 nitrogen and oxygen atoms in total. The van der Waals surface area contributed by atoms with Crippen LogP contribution in [0.1, 0.15) is 49.2 Å². The van der Waals surface area contributed by atoms with Gasteiger partial charge >= 0.3 is 0 Å². The number of rotatable bonds is 4. The highest BCUT2D eigenvalue weighted by molar-refractivity contribution is 7.05. The van der Waals surface area contributed by atoms with Crippen molar-refractivity contribution in [1.29, 1.82) is 0 Å². The summed E-state index contributed by atoms with van der Waals surface area (Å²) in [6.45, 7) is 6.08. The average Bonchev–Trinajstić information content (AvgIpc) is 2.96. The Hall–Kier alpha value is -1.27. The van der Waals surface area contributed by atoms with Crippen molar-refractivity contribution in [2.45, 2.75) is 39.3 Å². The normalized spacial score (nSPS) is 13.2. The molecule has 0 fully saturated rings. The smallest absolute Gasteiger partial charge is 0.133 e. The van der Waals surface area contributed by atoms with Gasteiger partial charge in [0.2, 0.25) is 0 Å². The Kier molecular flexibility index (Phi) is 3.54. The molecule has 2 heterocycles. The van der Waals surface area contributed by atoms with Gasteiger partial charge in [0.1, 0.15) is 6.10 Å². The molecule has 0 saturated heterocycles. The lowest BCUT2D eigenvalue weighted by Crippen LogP contribution is -2.12. The Labute approximate surface area is 104 Å². The predicted molar refractivity (Wildman–Crippen MR) is 66.0 cm³/mol. The first-order valence-electron chi connectivity index (χ1n) is 5.67. The monoisotopic (exact) mass is 252 g/mol. The van der Waals surface area contributed by atoms with Crippen LogP contribution >= 0.6 is 11.5 Å². The first-order chi connectivity index (χ1) is 8.15. The molecule has 2 aromatic heterocycles. The molecule has 0 aliphatic heterocycles. The number of aryl methyl sites for hydroxylation is 1. The molecule has 0 aromatic carbocycles. The SMILES string of the molecule is CCc1nnsc1C(O)c1ccnn1C(C)C. The lowest BCUT2D eigenvalue weighted by Gasteiger charge is -2.15. The summed E-state index contributed by atoms with van der Waals surface area (Å²) in [7, 11) is 0. The minimum Gasteiger partial charge on any atom is -0.381 e. The van der Waals surface area contributed by atoms with Crippen LogP contribution in [0.4, 0.5) is 0 Å². The van der Waals surface area contributed by atoms with Gasteiger partial charge in [-0.1, -0.05) is 11.4 Å². The molecular weight excluding hydrogens is 236 g/mol. The standard InChI is InChI=1S/C11H16N4OS/c1-4-8-11(17-14-13-8)10(16)9-5-6-12-15(9)7(2)3/h5-7,10,16H,4H2,1-3H3. The highest BCUT2D eigenvalue weighted by Gasteiger charge is 2.21. The molecule has 17 heavy (non-hydrogen) atoms. The van der Waals surface area contributed by atoms with Crippen molar-refractivity contribution in [3.05, 3.63) is 28.5 Å². The first-order valence-corrected chi connectivity index (χ1v) is 6.45. The van der Waals surface area contributed by atoms with E-state index in [4.69, 9.17) is 0 Å². The molecule has 6 heteroatoms. The van der Waals surface area contributed by atoms with Gasteiger partial charge in [-0.3, -0.25) is 4.68 Å². The lowest BCUT2D eigenvalue weighted by atomic mass is 10.1. The van der Waals surface area contributed by atoms with Crippen molar-refractivity contribution < 1.29 is 5.11 Å². The zero-order valence-electron chi connectivity index (χ0n) is 10.2. The van der Waals surface area contributed by atoms with Crippen molar-refractivity contribution >= 4 is 11.5 Å². The van der Waals surface area contributed by atoms with Gasteiger partial charge in [0.15, 0.2) is 0 Å². The van der Waals surface area contributed by atoms with Crippen LogP contribution in [0.2, 0.25) is 0 Å². The van der Waals surface area contributed by atoms with Gasteiger partial charge in [-0.05, 0) is 37.9 Å². The Balaban J connectivity index is 2.37. The van der Waals surface area contributed by atoms with Crippen LogP contribution < -0.4 is 0 Å². The molecule has 1 unspecified atom stereocenters. The molecule has 0 bridgehead atoms. The van der Waals surface area contributed by atoms with Gasteiger partial charge in [0, 0.05) is 12.2 Å². The predicted octanol–water partition coefficient (Wildman–Crippen LogP) is 1.96. The third-order valence-electron chi connectivity index (χ3n) is 2.64. The van der Waals surface area contributed by atoms with E-state index in [1.807, 2.05) is 31.5 Å². The van der Waals surface area contributed by atoms with E-state index in [0.29, 0.717) is 0 Å². The van der Waals surface area contributed by atoms with E-state index in [9.17, 15) is 5.11 Å². The maximum Gasteiger partial charge on any atom is 0.133 e. The first kappa shape index (κ1) is 12.2. The summed E-state index contributed by atoms with van der Waals surface area (Å²) in [5, 5.41) is 18.6. The van der Waals surface area contributed by atoms with Crippen LogP contribution in [0.15, 0.2) is 12.3 Å². The third kappa shape index (κ3) is 2.23. The van der Waals surface area contributed by atoms with Crippen molar-refractivity contribution in [2.75, 3.05) is 0 Å². The summed E-state index contributed by atoms with van der Waals surface area (Å²) in [6, 6.07) is 2.06. The van der Waals surface area contributed by atoms with E-state index in [0.717, 1.165) is 22.7 Å². The van der Waals surface area contributed by atoms with E-state index in [1.54, 1.807) is 6.20 Å². The molecule has 0 radical (unpaired) electrons. The van der Waals surface area contributed by atoms with E-state index in [2.05, 4.69) is 14.7 Å². The van der Waals surface area contributed by atoms with Gasteiger partial charge < -0.3 is 5.11 Å². The largest absolute Gasteiger partial charge is 0.381 e. The fourth-order valence-corrected chi connectivity index (χ4v) is 2.51. The highest BCUT2D eigenvalue weighted by atomic mass is 32.1. The summed E-state index contributed by atoms with van der Waals surface area (Å²) < 4.78 is 5.72. The summed E-state index contributed by atoms with van der Waals surface area (Å²) >= 11 is 1.25. The summed E-state index contributed by atoms with van der Waals surface area (Å²) in [6.07, 6.45) is 1.80. The number of aliphatic hydroxyl groups is 1. The van der Waals surface area contributed by atoms with Crippen molar-refractivity contribution in [1.82, 2.24) is 19.4 Å². The fraction of sp³-hybridized carbons (Fsp3) is 0.545. The Morgan fingerprint density at radius 2 is 2.24 bits per heavy atom. The summed E-state index contributed by atoms with van der Waals surface area (Å²) in [5.74, 6) is 0. The Morgan fingerprint density at radius 3 is 2.88 bits per heavy atom. The number of hydrogen-bond acceptors (Lipinski definition) is 5. The molecule has 0 spiro atoms. The third-order valence-corrected chi connectivity index (χ3v) is 3.46. The van der Waals surface area contributed by atoms with Gasteiger partial charge in [-0.2, -0.15) is 5.10 Å². The summed E-state index contributed by atoms with van der Waals surface area (Å²) in [5.41, 5.74) is 1.65. The molecule has 0 aliphatic rings. The molecule has 0 aliphatic carbocycles. The molecule has 0 amide bonds. The minimum atomic E-state index is -0.685. The van der Waals surface area contributed by atoms with Crippen molar-refractivity contribution in [3.63, 3.8) is 0 Å². The lowest BCUT2D eigenvalue weighted by molar-refractivity contribution is 0.207. The number of hydrogen-bond donors (Lipinski definition) is 1. The van der Waals surface area contributed by atoms with Crippen molar-refractivity contribution in [2.24, 2.45) is 0 Å². The Morgan fingerprint density at radius 1 is 1.47 bits per heavy atom. The quantitative estimate of drug-likeness (QED) is 0.903. The number of aromatic nitrogens is 4. The van der Waals surface area contributed by atoms with Crippen LogP contribution in [0.5, 0.6) is 0 Å². The van der Waals surface area contributed by atoms with Crippen LogP contribution in [-0.2, 0) is 6.42 Å². The van der Waals surface area contributed by atoms with Crippen LogP contribution in [0, 0.1) is 0 Å². The molecule has 92 valence electrons. The van der Waals surface area contributed by atoms with E-state index >= 15 is 0 Å². The average molecular weight is 252 g/mol. The fourth-order valence-electron chi connectivity index (χ4n) is 1.78. The van der Waals surface area contributed by atoms with Gasteiger partial charge in [-0.25, -0.2) is 0 Å². The molecule has 2 rings (SSSR count). The minimum absolute atomic E-state index is 0.223. The Bertz CT molecular complexity index is 491. The zero-order chi connectivity index (χ0) is 12.4. The van der Waals surface area contributed by atoms with E-state index in [-0.39, 0.29) is 6.04 Å². The maximum absolute atomic E-state index is 10.4. The second-order valence-electron chi connectivity index (χ2n) is 4.13. The van der Waals surface area contributed by atoms with Crippen molar-refractivity contribution in [3.8, 4) is 0 Å². The number of aliphatic hydroxyl groups excluding tert-OH is 1. The van der Waals surface area contributed by atoms with Crippen LogP contribution in [0.25, 0.3) is 0 Å². The second kappa shape index (κ2) is 4.93. The molecular formula is C11H16N4OS. The van der Waals surface area contributed by atoms with Gasteiger partial charge in [0.05, 0.1) is 16.3 Å². The zero-order valence-corrected chi connectivity index (χ0v) is 11.0. The van der Waals surface area contributed by atoms with E-state index < -0.39 is 6.10 Å². The molecule has 2 aromatic rings. The van der Waals surface area contributed by atoms with Gasteiger partial charge in [0.25, 0.3) is 0 Å². The van der Waals surface area contributed by atoms with Gasteiger partial charge in [-0.15, -0.1) is 5.10 Å². The molecule has 0 saturated carbocycles. The highest BCUT2D eigenvalue weighted by Crippen LogP contribution is 2.28. The second-order valence-corrected chi connectivity index (χ2v) is 4.92. The molecule has 1 atom stereocenters. The van der Waals surface area contributed by atoms with Crippen LogP contribution in [-0.4, -0.2) is 24.5 Å².